The Kier molecular flexibility index (Phi) is 2.10. The van der Waals surface area contributed by atoms with Gasteiger partial charge in [0.2, 0.25) is 0 Å². The van der Waals surface area contributed by atoms with Gasteiger partial charge in [-0.25, -0.2) is 0 Å². The summed E-state index contributed by atoms with van der Waals surface area (Å²) < 4.78 is 5.54. The van der Waals surface area contributed by atoms with Crippen LogP contribution in [0.2, 0.25) is 0 Å². The molecule has 0 saturated heterocycles. The van der Waals surface area contributed by atoms with Crippen LogP contribution in [0.15, 0.2) is 18.2 Å². The van der Waals surface area contributed by atoms with Gasteiger partial charge in [-0.1, -0.05) is 6.07 Å². The first-order chi connectivity index (χ1) is 6.29. The van der Waals surface area contributed by atoms with Crippen molar-refractivity contribution in [3.8, 4) is 5.75 Å². The molecule has 3 N–H and O–H groups in total. The topological polar surface area (TPSA) is 47.3 Å². The van der Waals surface area contributed by atoms with Crippen LogP contribution in [0.1, 0.15) is 5.56 Å². The summed E-state index contributed by atoms with van der Waals surface area (Å²) in [5, 5.41) is 3.34. The molecule has 13 heavy (non-hydrogen) atoms. The standard InChI is InChI=1S/C10H14N2O/c1-7-2-3-10-9(4-7)12-8(5-11)6-13-10/h2-4,8,12H,5-6,11H2,1H3. The molecule has 70 valence electrons. The van der Waals surface area contributed by atoms with E-state index in [9.17, 15) is 0 Å². The Hall–Kier alpha value is -1.22. The quantitative estimate of drug-likeness (QED) is 0.677. The number of hydrogen-bond donors (Lipinski definition) is 2. The van der Waals surface area contributed by atoms with E-state index in [4.69, 9.17) is 10.5 Å². The molecule has 0 fully saturated rings. The van der Waals surface area contributed by atoms with Crippen molar-refractivity contribution in [3.05, 3.63) is 23.8 Å². The third-order valence-electron chi connectivity index (χ3n) is 2.22. The Labute approximate surface area is 77.9 Å². The van der Waals surface area contributed by atoms with Crippen LogP contribution >= 0.6 is 0 Å². The predicted molar refractivity (Wildman–Crippen MR) is 53.1 cm³/mol. The Bertz CT molecular complexity index is 312. The lowest BCUT2D eigenvalue weighted by Gasteiger charge is -2.26. The van der Waals surface area contributed by atoms with E-state index in [1.54, 1.807) is 0 Å². The van der Waals surface area contributed by atoms with Gasteiger partial charge in [0.25, 0.3) is 0 Å². The van der Waals surface area contributed by atoms with Crippen molar-refractivity contribution >= 4 is 5.69 Å². The molecule has 0 radical (unpaired) electrons. The van der Waals surface area contributed by atoms with Gasteiger partial charge in [-0.2, -0.15) is 0 Å². The number of ether oxygens (including phenoxy) is 1. The van der Waals surface area contributed by atoms with Gasteiger partial charge in [0.15, 0.2) is 0 Å². The summed E-state index contributed by atoms with van der Waals surface area (Å²) in [6.07, 6.45) is 0. The SMILES string of the molecule is Cc1ccc2c(c1)NC(CN)CO2. The average Bonchev–Trinajstić information content (AvgIpc) is 2.16. The first-order valence-electron chi connectivity index (χ1n) is 4.49. The van der Waals surface area contributed by atoms with Crippen molar-refractivity contribution in [2.24, 2.45) is 5.73 Å². The van der Waals surface area contributed by atoms with Gasteiger partial charge in [0.1, 0.15) is 12.4 Å². The largest absolute Gasteiger partial charge is 0.489 e. The van der Waals surface area contributed by atoms with Crippen LogP contribution in [0.25, 0.3) is 0 Å². The molecule has 3 nitrogen and oxygen atoms in total. The van der Waals surface area contributed by atoms with Crippen LogP contribution in [0.5, 0.6) is 5.75 Å². The lowest BCUT2D eigenvalue weighted by molar-refractivity contribution is 0.286. The highest BCUT2D eigenvalue weighted by Crippen LogP contribution is 2.29. The maximum atomic E-state index is 5.56. The molecule has 1 atom stereocenters. The third-order valence-corrected chi connectivity index (χ3v) is 2.22. The van der Waals surface area contributed by atoms with E-state index in [0.717, 1.165) is 11.4 Å². The van der Waals surface area contributed by atoms with Crippen molar-refractivity contribution < 1.29 is 4.74 Å². The van der Waals surface area contributed by atoms with Crippen molar-refractivity contribution in [1.29, 1.82) is 0 Å². The van der Waals surface area contributed by atoms with E-state index in [1.165, 1.54) is 5.56 Å². The van der Waals surface area contributed by atoms with Crippen LogP contribution < -0.4 is 15.8 Å². The van der Waals surface area contributed by atoms with Gasteiger partial charge in [0.05, 0.1) is 11.7 Å². The average molecular weight is 178 g/mol. The van der Waals surface area contributed by atoms with Gasteiger partial charge < -0.3 is 15.8 Å². The van der Waals surface area contributed by atoms with E-state index in [2.05, 4.69) is 18.3 Å². The molecule has 0 aliphatic carbocycles. The van der Waals surface area contributed by atoms with Crippen LogP contribution in [0, 0.1) is 6.92 Å². The van der Waals surface area contributed by atoms with Crippen LogP contribution in [-0.4, -0.2) is 19.2 Å². The summed E-state index contributed by atoms with van der Waals surface area (Å²) in [6.45, 7) is 3.33. The minimum absolute atomic E-state index is 0.245. The molecular formula is C10H14N2O. The van der Waals surface area contributed by atoms with E-state index in [0.29, 0.717) is 13.2 Å². The molecule has 1 aromatic rings. The Balaban J connectivity index is 2.27. The predicted octanol–water partition coefficient (Wildman–Crippen LogP) is 1.13. The monoisotopic (exact) mass is 178 g/mol. The highest BCUT2D eigenvalue weighted by molar-refractivity contribution is 5.59. The second-order valence-corrected chi connectivity index (χ2v) is 3.39. The molecule has 1 unspecified atom stereocenters. The molecule has 0 amide bonds. The smallest absolute Gasteiger partial charge is 0.142 e. The number of anilines is 1. The summed E-state index contributed by atoms with van der Waals surface area (Å²) in [4.78, 5) is 0. The number of rotatable bonds is 1. The molecule has 1 aliphatic rings. The van der Waals surface area contributed by atoms with Gasteiger partial charge in [-0.05, 0) is 24.6 Å². The fourth-order valence-electron chi connectivity index (χ4n) is 1.46. The van der Waals surface area contributed by atoms with Gasteiger partial charge in [-0.3, -0.25) is 0 Å². The highest BCUT2D eigenvalue weighted by Gasteiger charge is 2.16. The number of aryl methyl sites for hydroxylation is 1. The highest BCUT2D eigenvalue weighted by atomic mass is 16.5. The lowest BCUT2D eigenvalue weighted by Crippen LogP contribution is -2.37. The van der Waals surface area contributed by atoms with Crippen LogP contribution in [-0.2, 0) is 0 Å². The van der Waals surface area contributed by atoms with Crippen molar-refractivity contribution in [1.82, 2.24) is 0 Å². The van der Waals surface area contributed by atoms with Crippen molar-refractivity contribution in [2.75, 3.05) is 18.5 Å². The van der Waals surface area contributed by atoms with E-state index < -0.39 is 0 Å². The lowest BCUT2D eigenvalue weighted by atomic mass is 10.1. The van der Waals surface area contributed by atoms with Gasteiger partial charge in [0, 0.05) is 6.54 Å². The summed E-state index contributed by atoms with van der Waals surface area (Å²) in [5.41, 5.74) is 7.84. The normalized spacial score (nSPS) is 20.0. The molecule has 1 aliphatic heterocycles. The molecule has 0 spiro atoms. The second kappa shape index (κ2) is 3.26. The molecule has 1 aromatic carbocycles. The Morgan fingerprint density at radius 2 is 2.46 bits per heavy atom. The third kappa shape index (κ3) is 1.60. The number of nitrogens with two attached hydrogens (primary N) is 1. The Morgan fingerprint density at radius 3 is 3.23 bits per heavy atom. The minimum atomic E-state index is 0.245. The number of hydrogen-bond acceptors (Lipinski definition) is 3. The molecule has 2 rings (SSSR count). The molecule has 0 saturated carbocycles. The summed E-state index contributed by atoms with van der Waals surface area (Å²) >= 11 is 0. The van der Waals surface area contributed by atoms with E-state index in [-0.39, 0.29) is 6.04 Å². The maximum absolute atomic E-state index is 5.56. The molecule has 0 aromatic heterocycles. The zero-order chi connectivity index (χ0) is 9.26. The maximum Gasteiger partial charge on any atom is 0.142 e. The molecule has 0 bridgehead atoms. The zero-order valence-corrected chi connectivity index (χ0v) is 7.71. The van der Waals surface area contributed by atoms with Crippen molar-refractivity contribution in [2.45, 2.75) is 13.0 Å². The summed E-state index contributed by atoms with van der Waals surface area (Å²) in [7, 11) is 0. The first kappa shape index (κ1) is 8.38. The van der Waals surface area contributed by atoms with Crippen LogP contribution in [0.3, 0.4) is 0 Å². The van der Waals surface area contributed by atoms with E-state index >= 15 is 0 Å². The Morgan fingerprint density at radius 1 is 1.62 bits per heavy atom. The fraction of sp³-hybridized carbons (Fsp3) is 0.400. The number of fused-ring (bicyclic) bond motifs is 1. The fourth-order valence-corrected chi connectivity index (χ4v) is 1.46. The van der Waals surface area contributed by atoms with Crippen LogP contribution in [0.4, 0.5) is 5.69 Å². The molecule has 1 heterocycles. The molecular weight excluding hydrogens is 164 g/mol. The summed E-state index contributed by atoms with van der Waals surface area (Å²) in [6, 6.07) is 6.36. The summed E-state index contributed by atoms with van der Waals surface area (Å²) in [5.74, 6) is 0.926. The minimum Gasteiger partial charge on any atom is -0.489 e. The second-order valence-electron chi connectivity index (χ2n) is 3.39. The van der Waals surface area contributed by atoms with Gasteiger partial charge >= 0.3 is 0 Å². The van der Waals surface area contributed by atoms with E-state index in [1.807, 2.05) is 12.1 Å². The number of nitrogens with one attached hydrogen (secondary N) is 1. The zero-order valence-electron chi connectivity index (χ0n) is 7.71. The number of benzene rings is 1. The molecule has 3 heteroatoms. The van der Waals surface area contributed by atoms with Gasteiger partial charge in [-0.15, -0.1) is 0 Å². The van der Waals surface area contributed by atoms with Crippen molar-refractivity contribution in [3.63, 3.8) is 0 Å². The first-order valence-corrected chi connectivity index (χ1v) is 4.49.